The van der Waals surface area contributed by atoms with Crippen LogP contribution in [0.1, 0.15) is 22.0 Å². The van der Waals surface area contributed by atoms with Crippen LogP contribution in [0.2, 0.25) is 0 Å². The molecule has 38 heavy (non-hydrogen) atoms. The molecule has 0 saturated carbocycles. The standard InChI is InChI=1S/C26H28N4O7S/c1-36-23-11-7-19(8-12-23)25(29-13-15-37-16-14-29)18-27-26(31)20-5-9-21(10-6-20)28-38(34,35)24-4-2-3-22(17-24)30(32)33/h2-12,17,25,28H,13-16,18H2,1H3,(H,27,31)/t25-/m1/s1. The van der Waals surface area contributed by atoms with Crippen molar-refractivity contribution < 1.29 is 27.6 Å². The number of amides is 1. The largest absolute Gasteiger partial charge is 0.497 e. The van der Waals surface area contributed by atoms with E-state index < -0.39 is 14.9 Å². The zero-order chi connectivity index (χ0) is 27.1. The van der Waals surface area contributed by atoms with Crippen LogP contribution in [0.4, 0.5) is 11.4 Å². The lowest BCUT2D eigenvalue weighted by Gasteiger charge is -2.35. The third kappa shape index (κ3) is 6.65. The molecule has 0 aliphatic carbocycles. The lowest BCUT2D eigenvalue weighted by molar-refractivity contribution is -0.385. The number of nitro benzene ring substituents is 1. The van der Waals surface area contributed by atoms with Gasteiger partial charge in [0.15, 0.2) is 0 Å². The molecule has 1 amide bonds. The number of nitro groups is 1. The number of carbonyl (C=O) groups is 1. The number of nitrogens with one attached hydrogen (secondary N) is 2. The minimum atomic E-state index is -4.05. The Morgan fingerprint density at radius 3 is 2.39 bits per heavy atom. The van der Waals surface area contributed by atoms with Gasteiger partial charge in [0, 0.05) is 43.0 Å². The molecule has 0 unspecified atom stereocenters. The highest BCUT2D eigenvalue weighted by atomic mass is 32.2. The number of benzene rings is 3. The van der Waals surface area contributed by atoms with Gasteiger partial charge in [-0.1, -0.05) is 18.2 Å². The fraction of sp³-hybridized carbons (Fsp3) is 0.269. The van der Waals surface area contributed by atoms with Crippen molar-refractivity contribution in [3.05, 3.63) is 94.0 Å². The number of anilines is 1. The number of morpholine rings is 1. The van der Waals surface area contributed by atoms with Gasteiger partial charge in [0.1, 0.15) is 5.75 Å². The molecule has 3 aromatic rings. The second-order valence-corrected chi connectivity index (χ2v) is 10.3. The van der Waals surface area contributed by atoms with E-state index in [0.29, 0.717) is 25.3 Å². The monoisotopic (exact) mass is 540 g/mol. The van der Waals surface area contributed by atoms with Crippen molar-refractivity contribution in [1.82, 2.24) is 10.2 Å². The average molecular weight is 541 g/mol. The second kappa shape index (κ2) is 12.0. The van der Waals surface area contributed by atoms with Crippen LogP contribution in [0.15, 0.2) is 77.7 Å². The van der Waals surface area contributed by atoms with Gasteiger partial charge in [0.25, 0.3) is 21.6 Å². The number of hydrogen-bond donors (Lipinski definition) is 2. The number of methoxy groups -OCH3 is 1. The predicted molar refractivity (Wildman–Crippen MR) is 141 cm³/mol. The maximum Gasteiger partial charge on any atom is 0.270 e. The van der Waals surface area contributed by atoms with Crippen molar-refractivity contribution in [1.29, 1.82) is 0 Å². The third-order valence-electron chi connectivity index (χ3n) is 6.18. The summed E-state index contributed by atoms with van der Waals surface area (Å²) in [6, 6.07) is 18.4. The number of rotatable bonds is 10. The molecule has 11 nitrogen and oxygen atoms in total. The van der Waals surface area contributed by atoms with Gasteiger partial charge in [-0.3, -0.25) is 24.5 Å². The van der Waals surface area contributed by atoms with Gasteiger partial charge in [0.05, 0.1) is 36.2 Å². The SMILES string of the molecule is COc1ccc([C@@H](CNC(=O)c2ccc(NS(=O)(=O)c3cccc([N+](=O)[O-])c3)cc2)N2CCOCC2)cc1. The Balaban J connectivity index is 1.42. The van der Waals surface area contributed by atoms with Gasteiger partial charge in [-0.25, -0.2) is 8.42 Å². The molecule has 200 valence electrons. The van der Waals surface area contributed by atoms with Crippen LogP contribution in [0.3, 0.4) is 0 Å². The van der Waals surface area contributed by atoms with Crippen LogP contribution in [0.25, 0.3) is 0 Å². The van der Waals surface area contributed by atoms with Crippen LogP contribution >= 0.6 is 0 Å². The highest BCUT2D eigenvalue weighted by Crippen LogP contribution is 2.24. The average Bonchev–Trinajstić information content (AvgIpc) is 2.94. The Bertz CT molecular complexity index is 1370. The molecule has 4 rings (SSSR count). The fourth-order valence-electron chi connectivity index (χ4n) is 4.13. The second-order valence-electron chi connectivity index (χ2n) is 8.58. The minimum Gasteiger partial charge on any atom is -0.497 e. The van der Waals surface area contributed by atoms with Crippen molar-refractivity contribution in [3.8, 4) is 5.75 Å². The summed E-state index contributed by atoms with van der Waals surface area (Å²) in [5.74, 6) is 0.449. The lowest BCUT2D eigenvalue weighted by Crippen LogP contribution is -2.43. The topological polar surface area (TPSA) is 140 Å². The summed E-state index contributed by atoms with van der Waals surface area (Å²) in [4.78, 5) is 25.2. The number of non-ortho nitro benzene ring substituents is 1. The first-order valence-corrected chi connectivity index (χ1v) is 13.4. The van der Waals surface area contributed by atoms with Crippen LogP contribution in [0.5, 0.6) is 5.75 Å². The Morgan fingerprint density at radius 1 is 1.08 bits per heavy atom. The molecule has 1 atom stereocenters. The van der Waals surface area contributed by atoms with E-state index in [1.165, 1.54) is 42.5 Å². The van der Waals surface area contributed by atoms with Gasteiger partial charge in [-0.2, -0.15) is 0 Å². The normalized spacial score (nSPS) is 14.9. The molecule has 1 aliphatic rings. The van der Waals surface area contributed by atoms with E-state index in [9.17, 15) is 23.3 Å². The van der Waals surface area contributed by atoms with E-state index >= 15 is 0 Å². The van der Waals surface area contributed by atoms with Gasteiger partial charge in [0.2, 0.25) is 0 Å². The Morgan fingerprint density at radius 2 is 1.76 bits per heavy atom. The molecule has 0 spiro atoms. The number of hydrogen-bond acceptors (Lipinski definition) is 8. The van der Waals surface area contributed by atoms with Crippen LogP contribution < -0.4 is 14.8 Å². The molecule has 1 saturated heterocycles. The molecule has 0 aromatic heterocycles. The van der Waals surface area contributed by atoms with Crippen molar-refractivity contribution in [2.75, 3.05) is 44.7 Å². The molecule has 0 bridgehead atoms. The lowest BCUT2D eigenvalue weighted by atomic mass is 10.0. The van der Waals surface area contributed by atoms with Crippen LogP contribution in [-0.4, -0.2) is 64.1 Å². The van der Waals surface area contributed by atoms with E-state index in [2.05, 4.69) is 14.9 Å². The smallest absolute Gasteiger partial charge is 0.270 e. The first-order valence-electron chi connectivity index (χ1n) is 11.9. The quantitative estimate of drug-likeness (QED) is 0.295. The van der Waals surface area contributed by atoms with Crippen LogP contribution in [-0.2, 0) is 14.8 Å². The number of nitrogens with zero attached hydrogens (tertiary/aromatic N) is 2. The summed E-state index contributed by atoms with van der Waals surface area (Å²) < 4.78 is 38.4. The Labute approximate surface area is 220 Å². The Hall–Kier alpha value is -4.00. The van der Waals surface area contributed by atoms with E-state index in [1.54, 1.807) is 7.11 Å². The first-order chi connectivity index (χ1) is 18.3. The van der Waals surface area contributed by atoms with Crippen molar-refractivity contribution in [2.24, 2.45) is 0 Å². The summed E-state index contributed by atoms with van der Waals surface area (Å²) in [6.45, 7) is 3.09. The highest BCUT2D eigenvalue weighted by Gasteiger charge is 2.24. The zero-order valence-corrected chi connectivity index (χ0v) is 21.5. The number of carbonyl (C=O) groups excluding carboxylic acids is 1. The minimum absolute atomic E-state index is 0.0604. The fourth-order valence-corrected chi connectivity index (χ4v) is 5.23. The highest BCUT2D eigenvalue weighted by molar-refractivity contribution is 7.92. The molecule has 2 N–H and O–H groups in total. The molecular formula is C26H28N4O7S. The van der Waals surface area contributed by atoms with Crippen molar-refractivity contribution in [2.45, 2.75) is 10.9 Å². The summed E-state index contributed by atoms with van der Waals surface area (Å²) in [5.41, 5.74) is 1.29. The van der Waals surface area contributed by atoms with Gasteiger partial charge >= 0.3 is 0 Å². The molecule has 1 aliphatic heterocycles. The molecule has 3 aromatic carbocycles. The number of ether oxygens (including phenoxy) is 2. The molecule has 12 heteroatoms. The molecular weight excluding hydrogens is 512 g/mol. The first kappa shape index (κ1) is 27.0. The van der Waals surface area contributed by atoms with Gasteiger partial charge < -0.3 is 14.8 Å². The van der Waals surface area contributed by atoms with Gasteiger partial charge in [-0.15, -0.1) is 0 Å². The van der Waals surface area contributed by atoms with Crippen molar-refractivity contribution >= 4 is 27.3 Å². The zero-order valence-electron chi connectivity index (χ0n) is 20.7. The molecule has 0 radical (unpaired) electrons. The predicted octanol–water partition coefficient (Wildman–Crippen LogP) is 3.21. The molecule has 1 heterocycles. The van der Waals surface area contributed by atoms with E-state index in [0.717, 1.165) is 30.5 Å². The number of sulfonamides is 1. The van der Waals surface area contributed by atoms with Crippen LogP contribution in [0, 0.1) is 10.1 Å². The Kier molecular flexibility index (Phi) is 8.56. The van der Waals surface area contributed by atoms with Gasteiger partial charge in [-0.05, 0) is 48.0 Å². The summed E-state index contributed by atoms with van der Waals surface area (Å²) >= 11 is 0. The maximum absolute atomic E-state index is 12.9. The van der Waals surface area contributed by atoms with Crippen molar-refractivity contribution in [3.63, 3.8) is 0 Å². The summed E-state index contributed by atoms with van der Waals surface area (Å²) in [5, 5.41) is 13.9. The van der Waals surface area contributed by atoms with E-state index in [4.69, 9.17) is 9.47 Å². The third-order valence-corrected chi connectivity index (χ3v) is 7.56. The van der Waals surface area contributed by atoms with E-state index in [1.807, 2.05) is 24.3 Å². The molecule has 1 fully saturated rings. The maximum atomic E-state index is 12.9. The summed E-state index contributed by atoms with van der Waals surface area (Å²) in [6.07, 6.45) is 0. The van der Waals surface area contributed by atoms with E-state index in [-0.39, 0.29) is 28.2 Å². The summed E-state index contributed by atoms with van der Waals surface area (Å²) in [7, 11) is -2.44.